The largest absolute Gasteiger partial charge is 0.461 e. The number of hydrogen-bond donors (Lipinski definition) is 0. The summed E-state index contributed by atoms with van der Waals surface area (Å²) in [5, 5.41) is 0. The molecule has 1 aliphatic rings. The Labute approximate surface area is 107 Å². The van der Waals surface area contributed by atoms with Crippen molar-refractivity contribution in [2.45, 2.75) is 32.6 Å². The van der Waals surface area contributed by atoms with Gasteiger partial charge in [0.2, 0.25) is 5.95 Å². The zero-order chi connectivity index (χ0) is 12.8. The highest BCUT2D eigenvalue weighted by atomic mass is 16.5. The molecule has 0 aromatic carbocycles. The minimum atomic E-state index is -0.379. The summed E-state index contributed by atoms with van der Waals surface area (Å²) in [5.41, 5.74) is 0.339. The van der Waals surface area contributed by atoms with Crippen LogP contribution in [-0.4, -0.2) is 35.6 Å². The lowest BCUT2D eigenvalue weighted by molar-refractivity contribution is 0.0519. The van der Waals surface area contributed by atoms with E-state index in [4.69, 9.17) is 4.74 Å². The number of anilines is 1. The summed E-state index contributed by atoms with van der Waals surface area (Å²) >= 11 is 0. The fraction of sp³-hybridized carbons (Fsp3) is 0.615. The predicted molar refractivity (Wildman–Crippen MR) is 68.7 cm³/mol. The third kappa shape index (κ3) is 3.18. The maximum absolute atomic E-state index is 11.6. The van der Waals surface area contributed by atoms with Crippen LogP contribution in [0.1, 0.15) is 43.1 Å². The van der Waals surface area contributed by atoms with Crippen LogP contribution < -0.4 is 4.90 Å². The van der Waals surface area contributed by atoms with Gasteiger partial charge >= 0.3 is 5.97 Å². The number of nitrogens with zero attached hydrogens (tertiary/aromatic N) is 3. The summed E-state index contributed by atoms with van der Waals surface area (Å²) < 4.78 is 4.95. The molecule has 0 unspecified atom stereocenters. The number of hydrogen-bond acceptors (Lipinski definition) is 5. The molecule has 1 saturated heterocycles. The summed E-state index contributed by atoms with van der Waals surface area (Å²) in [4.78, 5) is 22.3. The van der Waals surface area contributed by atoms with E-state index in [1.165, 1.54) is 12.8 Å². The Balaban J connectivity index is 2.12. The number of carbonyl (C=O) groups excluding carboxylic acids is 1. The molecule has 18 heavy (non-hydrogen) atoms. The van der Waals surface area contributed by atoms with Crippen LogP contribution in [0.2, 0.25) is 0 Å². The van der Waals surface area contributed by atoms with E-state index < -0.39 is 0 Å². The van der Waals surface area contributed by atoms with Gasteiger partial charge in [-0.05, 0) is 25.8 Å². The van der Waals surface area contributed by atoms with Gasteiger partial charge in [-0.2, -0.15) is 0 Å². The molecule has 0 saturated carbocycles. The highest BCUT2D eigenvalue weighted by molar-refractivity contribution is 5.87. The standard InChI is InChI=1S/C13H19N3O2/c1-2-18-12(17)11-7-8-14-13(15-11)16-9-5-3-4-6-10-16/h7-8H,2-6,9-10H2,1H3. The number of rotatable bonds is 3. The lowest BCUT2D eigenvalue weighted by atomic mass is 10.2. The van der Waals surface area contributed by atoms with Crippen LogP contribution in [0.25, 0.3) is 0 Å². The van der Waals surface area contributed by atoms with E-state index in [-0.39, 0.29) is 5.97 Å². The van der Waals surface area contributed by atoms with Crippen molar-refractivity contribution in [2.24, 2.45) is 0 Å². The fourth-order valence-electron chi connectivity index (χ4n) is 2.09. The van der Waals surface area contributed by atoms with Crippen molar-refractivity contribution >= 4 is 11.9 Å². The van der Waals surface area contributed by atoms with E-state index in [0.717, 1.165) is 25.9 Å². The molecular weight excluding hydrogens is 230 g/mol. The van der Waals surface area contributed by atoms with Crippen LogP contribution in [0.4, 0.5) is 5.95 Å². The van der Waals surface area contributed by atoms with Gasteiger partial charge in [0, 0.05) is 19.3 Å². The van der Waals surface area contributed by atoms with Crippen molar-refractivity contribution < 1.29 is 9.53 Å². The molecule has 0 radical (unpaired) electrons. The lowest BCUT2D eigenvalue weighted by Gasteiger charge is -2.20. The predicted octanol–water partition coefficient (Wildman–Crippen LogP) is 2.03. The molecule has 0 aliphatic carbocycles. The number of ether oxygens (including phenoxy) is 1. The highest BCUT2D eigenvalue weighted by Gasteiger charge is 2.15. The van der Waals surface area contributed by atoms with Crippen LogP contribution in [0, 0.1) is 0 Å². The Morgan fingerprint density at radius 2 is 2.06 bits per heavy atom. The lowest BCUT2D eigenvalue weighted by Crippen LogP contribution is -2.26. The fourth-order valence-corrected chi connectivity index (χ4v) is 2.09. The average Bonchev–Trinajstić information content (AvgIpc) is 2.68. The molecule has 2 rings (SSSR count). The first kappa shape index (κ1) is 12.8. The van der Waals surface area contributed by atoms with Gasteiger partial charge in [0.25, 0.3) is 0 Å². The smallest absolute Gasteiger partial charge is 0.357 e. The second-order valence-corrected chi connectivity index (χ2v) is 4.36. The first-order valence-electron chi connectivity index (χ1n) is 6.56. The van der Waals surface area contributed by atoms with E-state index in [0.29, 0.717) is 18.2 Å². The van der Waals surface area contributed by atoms with Crippen molar-refractivity contribution in [3.05, 3.63) is 18.0 Å². The van der Waals surface area contributed by atoms with Crippen LogP contribution >= 0.6 is 0 Å². The van der Waals surface area contributed by atoms with Crippen molar-refractivity contribution in [3.8, 4) is 0 Å². The third-order valence-corrected chi connectivity index (χ3v) is 3.02. The number of esters is 1. The Morgan fingerprint density at radius 1 is 1.33 bits per heavy atom. The maximum Gasteiger partial charge on any atom is 0.357 e. The quantitative estimate of drug-likeness (QED) is 0.767. The zero-order valence-electron chi connectivity index (χ0n) is 10.8. The highest BCUT2D eigenvalue weighted by Crippen LogP contribution is 2.15. The summed E-state index contributed by atoms with van der Waals surface area (Å²) in [6.45, 7) is 4.08. The van der Waals surface area contributed by atoms with E-state index in [2.05, 4.69) is 14.9 Å². The molecule has 0 spiro atoms. The Morgan fingerprint density at radius 3 is 2.72 bits per heavy atom. The molecule has 1 aromatic rings. The summed E-state index contributed by atoms with van der Waals surface area (Å²) in [5.74, 6) is 0.262. The van der Waals surface area contributed by atoms with E-state index in [1.807, 2.05) is 0 Å². The normalized spacial score (nSPS) is 16.2. The van der Waals surface area contributed by atoms with Gasteiger partial charge in [-0.15, -0.1) is 0 Å². The van der Waals surface area contributed by atoms with E-state index in [9.17, 15) is 4.79 Å². The first-order valence-corrected chi connectivity index (χ1v) is 6.56. The van der Waals surface area contributed by atoms with Gasteiger partial charge in [0.1, 0.15) is 0 Å². The van der Waals surface area contributed by atoms with Crippen molar-refractivity contribution in [2.75, 3.05) is 24.6 Å². The van der Waals surface area contributed by atoms with E-state index in [1.54, 1.807) is 19.2 Å². The third-order valence-electron chi connectivity index (χ3n) is 3.02. The molecule has 0 atom stereocenters. The second kappa shape index (κ2) is 6.33. The van der Waals surface area contributed by atoms with Gasteiger partial charge < -0.3 is 9.64 Å². The molecule has 98 valence electrons. The molecule has 0 N–H and O–H groups in total. The molecule has 5 heteroatoms. The van der Waals surface area contributed by atoms with Crippen LogP contribution in [0.15, 0.2) is 12.3 Å². The van der Waals surface area contributed by atoms with Gasteiger partial charge in [-0.25, -0.2) is 14.8 Å². The van der Waals surface area contributed by atoms with Crippen LogP contribution in [0.5, 0.6) is 0 Å². The van der Waals surface area contributed by atoms with Gasteiger partial charge in [0.05, 0.1) is 6.61 Å². The SMILES string of the molecule is CCOC(=O)c1ccnc(N2CCCCCC2)n1. The van der Waals surface area contributed by atoms with Gasteiger partial charge in [-0.3, -0.25) is 0 Å². The summed E-state index contributed by atoms with van der Waals surface area (Å²) in [7, 11) is 0. The molecule has 1 fully saturated rings. The molecular formula is C13H19N3O2. The van der Waals surface area contributed by atoms with Gasteiger partial charge in [-0.1, -0.05) is 12.8 Å². The van der Waals surface area contributed by atoms with Gasteiger partial charge in [0.15, 0.2) is 5.69 Å². The number of carbonyl (C=O) groups is 1. The van der Waals surface area contributed by atoms with Crippen molar-refractivity contribution in [1.82, 2.24) is 9.97 Å². The van der Waals surface area contributed by atoms with Crippen LogP contribution in [-0.2, 0) is 4.74 Å². The Bertz CT molecular complexity index is 401. The van der Waals surface area contributed by atoms with E-state index >= 15 is 0 Å². The van der Waals surface area contributed by atoms with Crippen molar-refractivity contribution in [3.63, 3.8) is 0 Å². The molecule has 0 bridgehead atoms. The zero-order valence-corrected chi connectivity index (χ0v) is 10.8. The Kier molecular flexibility index (Phi) is 4.50. The summed E-state index contributed by atoms with van der Waals surface area (Å²) in [6.07, 6.45) is 6.46. The topological polar surface area (TPSA) is 55.3 Å². The molecule has 1 aromatic heterocycles. The average molecular weight is 249 g/mol. The molecule has 1 aliphatic heterocycles. The maximum atomic E-state index is 11.6. The first-order chi connectivity index (χ1) is 8.81. The second-order valence-electron chi connectivity index (χ2n) is 4.36. The Hall–Kier alpha value is -1.65. The summed E-state index contributed by atoms with van der Waals surface area (Å²) in [6, 6.07) is 1.60. The molecule has 0 amide bonds. The van der Waals surface area contributed by atoms with Crippen LogP contribution in [0.3, 0.4) is 0 Å². The number of aromatic nitrogens is 2. The monoisotopic (exact) mass is 249 g/mol. The van der Waals surface area contributed by atoms with Crippen molar-refractivity contribution in [1.29, 1.82) is 0 Å². The molecule has 5 nitrogen and oxygen atoms in total. The minimum Gasteiger partial charge on any atom is -0.461 e. The minimum absolute atomic E-state index is 0.339. The molecule has 2 heterocycles.